The van der Waals surface area contributed by atoms with Crippen LogP contribution in [0.4, 0.5) is 8.78 Å². The Labute approximate surface area is 46.3 Å². The molecule has 0 aromatic carbocycles. The summed E-state index contributed by atoms with van der Waals surface area (Å²) in [7, 11) is 0. The molecular weight excluding hydrogens is 116 g/mol. The average Bonchev–Trinajstić information content (AvgIpc) is 1.67. The predicted octanol–water partition coefficient (Wildman–Crippen LogP) is -0.0388. The van der Waals surface area contributed by atoms with Crippen LogP contribution in [0, 0.1) is 0 Å². The minimum atomic E-state index is -3.12. The smallest absolute Gasteiger partial charge is 0.285 e. The Hall–Kier alpha value is -0.220. The number of alkyl halides is 2. The number of aliphatic hydroxyl groups excluding tert-OH is 1. The van der Waals surface area contributed by atoms with Crippen LogP contribution < -0.4 is 5.73 Å². The summed E-state index contributed by atoms with van der Waals surface area (Å²) in [5, 5.41) is 7.93. The molecule has 0 saturated carbocycles. The van der Waals surface area contributed by atoms with Crippen molar-refractivity contribution in [2.24, 2.45) is 5.73 Å². The summed E-state index contributed by atoms with van der Waals surface area (Å²) in [5.41, 5.74) is 4.77. The van der Waals surface area contributed by atoms with Gasteiger partial charge < -0.3 is 10.8 Å². The molecule has 0 spiro atoms. The summed E-state index contributed by atoms with van der Waals surface area (Å²) in [5.74, 6) is -3.12. The molecule has 50 valence electrons. The van der Waals surface area contributed by atoms with Crippen LogP contribution in [-0.4, -0.2) is 23.7 Å². The lowest BCUT2D eigenvalue weighted by atomic mass is 10.2. The van der Waals surface area contributed by atoms with Crippen molar-refractivity contribution in [2.45, 2.75) is 18.9 Å². The fourth-order valence-corrected chi connectivity index (χ4v) is 0.144. The Kier molecular flexibility index (Phi) is 2.30. The number of hydrogen-bond acceptors (Lipinski definition) is 2. The van der Waals surface area contributed by atoms with E-state index < -0.39 is 18.6 Å². The molecule has 4 heteroatoms. The van der Waals surface area contributed by atoms with E-state index in [0.717, 1.165) is 6.92 Å². The highest BCUT2D eigenvalue weighted by atomic mass is 19.3. The zero-order valence-corrected chi connectivity index (χ0v) is 4.56. The molecule has 0 radical (unpaired) electrons. The van der Waals surface area contributed by atoms with Crippen LogP contribution in [0.3, 0.4) is 0 Å². The second-order valence-corrected chi connectivity index (χ2v) is 1.71. The van der Waals surface area contributed by atoms with Gasteiger partial charge in [-0.05, 0) is 6.92 Å². The number of halogens is 2. The van der Waals surface area contributed by atoms with E-state index in [-0.39, 0.29) is 0 Å². The lowest BCUT2D eigenvalue weighted by Gasteiger charge is -2.16. The molecule has 0 fully saturated rings. The first-order valence-electron chi connectivity index (χ1n) is 2.25. The van der Waals surface area contributed by atoms with Gasteiger partial charge >= 0.3 is 0 Å². The zero-order valence-electron chi connectivity index (χ0n) is 4.56. The molecule has 0 aliphatic heterocycles. The molecule has 1 unspecified atom stereocenters. The van der Waals surface area contributed by atoms with Gasteiger partial charge in [-0.25, -0.2) is 8.78 Å². The van der Waals surface area contributed by atoms with Crippen LogP contribution in [0.2, 0.25) is 0 Å². The molecule has 0 bridgehead atoms. The largest absolute Gasteiger partial charge is 0.390 e. The minimum absolute atomic E-state index is 1.15. The molecule has 0 aromatic rings. The second kappa shape index (κ2) is 2.37. The van der Waals surface area contributed by atoms with Gasteiger partial charge in [-0.3, -0.25) is 0 Å². The van der Waals surface area contributed by atoms with E-state index >= 15 is 0 Å². The van der Waals surface area contributed by atoms with Crippen molar-refractivity contribution in [3.63, 3.8) is 0 Å². The third-order valence-corrected chi connectivity index (χ3v) is 0.877. The van der Waals surface area contributed by atoms with E-state index in [4.69, 9.17) is 10.8 Å². The van der Waals surface area contributed by atoms with E-state index in [2.05, 4.69) is 0 Å². The van der Waals surface area contributed by atoms with Crippen molar-refractivity contribution < 1.29 is 13.9 Å². The van der Waals surface area contributed by atoms with Gasteiger partial charge in [-0.2, -0.15) is 0 Å². The molecular formula is C4H9F2NO. The van der Waals surface area contributed by atoms with Crippen molar-refractivity contribution >= 4 is 0 Å². The molecule has 0 rings (SSSR count). The van der Waals surface area contributed by atoms with Crippen molar-refractivity contribution in [3.05, 3.63) is 0 Å². The van der Waals surface area contributed by atoms with E-state index in [0.29, 0.717) is 0 Å². The quantitative estimate of drug-likeness (QED) is 0.544. The van der Waals surface area contributed by atoms with Gasteiger partial charge in [0, 0.05) is 0 Å². The normalized spacial score (nSPS) is 16.1. The molecule has 0 amide bonds. The Morgan fingerprint density at radius 3 is 2.12 bits per heavy atom. The SMILES string of the molecule is CC(N)C(F)(F)CO. The third-order valence-electron chi connectivity index (χ3n) is 0.877. The predicted molar refractivity (Wildman–Crippen MR) is 25.7 cm³/mol. The lowest BCUT2D eigenvalue weighted by Crippen LogP contribution is -2.41. The molecule has 8 heavy (non-hydrogen) atoms. The summed E-state index contributed by atoms with van der Waals surface area (Å²) in [6, 6.07) is -1.27. The summed E-state index contributed by atoms with van der Waals surface area (Å²) >= 11 is 0. The molecule has 2 nitrogen and oxygen atoms in total. The van der Waals surface area contributed by atoms with E-state index in [9.17, 15) is 8.78 Å². The lowest BCUT2D eigenvalue weighted by molar-refractivity contribution is -0.0655. The van der Waals surface area contributed by atoms with Gasteiger partial charge in [0.05, 0.1) is 6.04 Å². The maximum atomic E-state index is 11.9. The van der Waals surface area contributed by atoms with Crippen LogP contribution in [0.25, 0.3) is 0 Å². The molecule has 1 atom stereocenters. The van der Waals surface area contributed by atoms with Gasteiger partial charge in [0.15, 0.2) is 0 Å². The topological polar surface area (TPSA) is 46.2 Å². The van der Waals surface area contributed by atoms with Crippen molar-refractivity contribution in [1.29, 1.82) is 0 Å². The van der Waals surface area contributed by atoms with E-state index in [1.165, 1.54) is 0 Å². The average molecular weight is 125 g/mol. The highest BCUT2D eigenvalue weighted by molar-refractivity contribution is 4.74. The molecule has 0 aliphatic rings. The Morgan fingerprint density at radius 1 is 1.75 bits per heavy atom. The number of hydrogen-bond donors (Lipinski definition) is 2. The summed E-state index contributed by atoms with van der Waals surface area (Å²) in [6.45, 7) is -0.0269. The standard InChI is InChI=1S/C4H9F2NO/c1-3(7)4(5,6)2-8/h3,8H,2,7H2,1H3. The molecule has 0 saturated heterocycles. The summed E-state index contributed by atoms with van der Waals surface area (Å²) in [4.78, 5) is 0. The third kappa shape index (κ3) is 1.71. The number of aliphatic hydroxyl groups is 1. The van der Waals surface area contributed by atoms with Crippen LogP contribution in [-0.2, 0) is 0 Å². The van der Waals surface area contributed by atoms with Crippen molar-refractivity contribution in [3.8, 4) is 0 Å². The Bertz CT molecular complexity index is 74.4. The van der Waals surface area contributed by atoms with Crippen LogP contribution in [0.5, 0.6) is 0 Å². The zero-order chi connectivity index (χ0) is 6.78. The minimum Gasteiger partial charge on any atom is -0.390 e. The number of nitrogens with two attached hydrogens (primary N) is 1. The van der Waals surface area contributed by atoms with Crippen LogP contribution in [0.15, 0.2) is 0 Å². The van der Waals surface area contributed by atoms with Crippen LogP contribution >= 0.6 is 0 Å². The van der Waals surface area contributed by atoms with Gasteiger partial charge in [0.2, 0.25) is 0 Å². The van der Waals surface area contributed by atoms with Gasteiger partial charge in [-0.15, -0.1) is 0 Å². The van der Waals surface area contributed by atoms with Gasteiger partial charge in [0.1, 0.15) is 6.61 Å². The first-order chi connectivity index (χ1) is 3.50. The monoisotopic (exact) mass is 125 g/mol. The first-order valence-corrected chi connectivity index (χ1v) is 2.25. The highest BCUT2D eigenvalue weighted by Gasteiger charge is 2.32. The fraction of sp³-hybridized carbons (Fsp3) is 1.00. The molecule has 0 aliphatic carbocycles. The summed E-state index contributed by atoms with van der Waals surface area (Å²) < 4.78 is 23.8. The van der Waals surface area contributed by atoms with Crippen LogP contribution in [0.1, 0.15) is 6.92 Å². The first kappa shape index (κ1) is 7.78. The fourth-order valence-electron chi connectivity index (χ4n) is 0.144. The molecule has 0 aromatic heterocycles. The summed E-state index contributed by atoms with van der Waals surface area (Å²) in [6.07, 6.45) is 0. The molecule has 3 N–H and O–H groups in total. The second-order valence-electron chi connectivity index (χ2n) is 1.71. The van der Waals surface area contributed by atoms with E-state index in [1.54, 1.807) is 0 Å². The number of rotatable bonds is 2. The Balaban J connectivity index is 3.71. The van der Waals surface area contributed by atoms with Crippen molar-refractivity contribution in [1.82, 2.24) is 0 Å². The van der Waals surface area contributed by atoms with Gasteiger partial charge in [-0.1, -0.05) is 0 Å². The molecule has 0 heterocycles. The maximum Gasteiger partial charge on any atom is 0.285 e. The van der Waals surface area contributed by atoms with Crippen molar-refractivity contribution in [2.75, 3.05) is 6.61 Å². The maximum absolute atomic E-state index is 11.9. The van der Waals surface area contributed by atoms with E-state index in [1.807, 2.05) is 0 Å². The van der Waals surface area contributed by atoms with Gasteiger partial charge in [0.25, 0.3) is 5.92 Å². The highest BCUT2D eigenvalue weighted by Crippen LogP contribution is 2.14. The Morgan fingerprint density at radius 2 is 2.12 bits per heavy atom.